The number of halogens is 1. The van der Waals surface area contributed by atoms with E-state index in [0.717, 1.165) is 42.7 Å². The zero-order chi connectivity index (χ0) is 24.8. The van der Waals surface area contributed by atoms with Crippen LogP contribution in [0, 0.1) is 5.82 Å². The number of aliphatic hydroxyl groups excluding tert-OH is 2. The van der Waals surface area contributed by atoms with Crippen molar-refractivity contribution in [2.45, 2.75) is 37.9 Å². The largest absolute Gasteiger partial charge is 0.393 e. The number of aromatic nitrogens is 3. The zero-order valence-corrected chi connectivity index (χ0v) is 19.5. The van der Waals surface area contributed by atoms with Crippen LogP contribution in [0.4, 0.5) is 21.6 Å². The normalized spacial score (nSPS) is 18.0. The lowest BCUT2D eigenvalue weighted by Gasteiger charge is -2.31. The van der Waals surface area contributed by atoms with Crippen molar-refractivity contribution in [3.63, 3.8) is 0 Å². The topological polar surface area (TPSA) is 114 Å². The Morgan fingerprint density at radius 3 is 2.69 bits per heavy atom. The lowest BCUT2D eigenvalue weighted by molar-refractivity contribution is 0.145. The molecule has 1 saturated heterocycles. The van der Waals surface area contributed by atoms with E-state index in [1.165, 1.54) is 12.3 Å². The summed E-state index contributed by atoms with van der Waals surface area (Å²) in [6.07, 6.45) is 5.07. The molecule has 6 rings (SSSR count). The molecule has 4 heterocycles. The van der Waals surface area contributed by atoms with Crippen LogP contribution in [0.25, 0.3) is 22.2 Å². The zero-order valence-electron chi connectivity index (χ0n) is 19.5. The van der Waals surface area contributed by atoms with E-state index in [1.807, 2.05) is 12.1 Å². The lowest BCUT2D eigenvalue weighted by atomic mass is 10.0. The van der Waals surface area contributed by atoms with Gasteiger partial charge in [0.15, 0.2) is 0 Å². The molecule has 36 heavy (non-hydrogen) atoms. The number of anilines is 3. The Kier molecular flexibility index (Phi) is 5.66. The van der Waals surface area contributed by atoms with Gasteiger partial charge in [0.05, 0.1) is 46.4 Å². The molecule has 0 saturated carbocycles. The van der Waals surface area contributed by atoms with Gasteiger partial charge in [-0.15, -0.1) is 0 Å². The van der Waals surface area contributed by atoms with Gasteiger partial charge >= 0.3 is 0 Å². The fraction of sp³-hybridized carbons (Fsp3) is 0.296. The summed E-state index contributed by atoms with van der Waals surface area (Å²) in [7, 11) is 0. The van der Waals surface area contributed by atoms with E-state index < -0.39 is 11.9 Å². The van der Waals surface area contributed by atoms with Crippen molar-refractivity contribution in [2.24, 2.45) is 0 Å². The smallest absolute Gasteiger partial charge is 0.259 e. The van der Waals surface area contributed by atoms with Gasteiger partial charge in [-0.2, -0.15) is 0 Å². The first-order chi connectivity index (χ1) is 17.5. The Morgan fingerprint density at radius 2 is 1.92 bits per heavy atom. The van der Waals surface area contributed by atoms with Crippen LogP contribution in [0.5, 0.6) is 0 Å². The van der Waals surface area contributed by atoms with Crippen molar-refractivity contribution < 1.29 is 14.6 Å². The molecule has 3 aromatic heterocycles. The molecule has 1 atom stereocenters. The Bertz CT molecular complexity index is 1500. The molecule has 0 spiro atoms. The van der Waals surface area contributed by atoms with E-state index in [0.29, 0.717) is 40.9 Å². The Labute approximate surface area is 206 Å². The molecule has 9 heteroatoms. The average Bonchev–Trinajstić information content (AvgIpc) is 3.23. The molecule has 8 nitrogen and oxygen atoms in total. The van der Waals surface area contributed by atoms with Crippen LogP contribution in [-0.4, -0.2) is 44.4 Å². The molecule has 1 unspecified atom stereocenters. The summed E-state index contributed by atoms with van der Waals surface area (Å²) in [5.41, 5.74) is 3.69. The number of H-pyrrole nitrogens is 1. The van der Waals surface area contributed by atoms with Crippen molar-refractivity contribution in [1.82, 2.24) is 15.0 Å². The number of nitrogens with zero attached hydrogens (tertiary/aromatic N) is 3. The number of fused-ring (bicyclic) bond motifs is 2. The lowest BCUT2D eigenvalue weighted by Crippen LogP contribution is -2.35. The molecule has 1 fully saturated rings. The van der Waals surface area contributed by atoms with Crippen molar-refractivity contribution >= 4 is 28.1 Å². The van der Waals surface area contributed by atoms with Gasteiger partial charge < -0.3 is 25.4 Å². The quantitative estimate of drug-likeness (QED) is 0.346. The van der Waals surface area contributed by atoms with Gasteiger partial charge in [0.25, 0.3) is 5.56 Å². The van der Waals surface area contributed by atoms with Crippen LogP contribution in [0.1, 0.15) is 36.5 Å². The van der Waals surface area contributed by atoms with E-state index >= 15 is 4.39 Å². The molecule has 1 aromatic carbocycles. The van der Waals surface area contributed by atoms with Gasteiger partial charge in [0.2, 0.25) is 0 Å². The summed E-state index contributed by atoms with van der Waals surface area (Å²) in [6, 6.07) is 10.2. The molecule has 2 aliphatic rings. The minimum Gasteiger partial charge on any atom is -0.393 e. The molecule has 184 valence electrons. The highest BCUT2D eigenvalue weighted by Crippen LogP contribution is 2.37. The highest BCUT2D eigenvalue weighted by Gasteiger charge is 2.24. The Morgan fingerprint density at radius 1 is 1.08 bits per heavy atom. The van der Waals surface area contributed by atoms with E-state index in [1.54, 1.807) is 24.4 Å². The number of aryl methyl sites for hydroxylation is 1. The minimum atomic E-state index is -0.619. The summed E-state index contributed by atoms with van der Waals surface area (Å²) in [5, 5.41) is 23.6. The molecule has 1 aliphatic carbocycles. The van der Waals surface area contributed by atoms with Gasteiger partial charge in [0.1, 0.15) is 11.6 Å². The molecule has 4 aromatic rings. The second-order valence-electron chi connectivity index (χ2n) is 9.45. The fourth-order valence-electron chi connectivity index (χ4n) is 5.14. The number of hydrogen-bond acceptors (Lipinski definition) is 7. The minimum absolute atomic E-state index is 0.249. The maximum Gasteiger partial charge on any atom is 0.259 e. The second-order valence-corrected chi connectivity index (χ2v) is 9.45. The molecule has 0 amide bonds. The molecule has 1 aliphatic heterocycles. The molecular formula is C27H26FN5O3. The van der Waals surface area contributed by atoms with Gasteiger partial charge in [0, 0.05) is 24.8 Å². The van der Waals surface area contributed by atoms with Crippen molar-refractivity contribution in [2.75, 3.05) is 23.3 Å². The number of pyridine rings is 3. The third-order valence-corrected chi connectivity index (χ3v) is 7.12. The number of aliphatic hydroxyl groups is 2. The first kappa shape index (κ1) is 22.6. The highest BCUT2D eigenvalue weighted by molar-refractivity contribution is 5.94. The van der Waals surface area contributed by atoms with Crippen LogP contribution in [0.2, 0.25) is 0 Å². The first-order valence-electron chi connectivity index (χ1n) is 12.2. The van der Waals surface area contributed by atoms with E-state index in [2.05, 4.69) is 25.2 Å². The first-order valence-corrected chi connectivity index (χ1v) is 12.2. The summed E-state index contributed by atoms with van der Waals surface area (Å²) < 4.78 is 15.1. The number of nitrogens with one attached hydrogen (secondary N) is 2. The Hall–Kier alpha value is -3.82. The number of piperidine rings is 1. The van der Waals surface area contributed by atoms with Crippen molar-refractivity contribution in [1.29, 1.82) is 0 Å². The fourth-order valence-corrected chi connectivity index (χ4v) is 5.14. The molecule has 4 N–H and O–H groups in total. The number of aromatic amines is 1. The van der Waals surface area contributed by atoms with Crippen LogP contribution in [0.15, 0.2) is 53.6 Å². The van der Waals surface area contributed by atoms with Crippen LogP contribution in [0.3, 0.4) is 0 Å². The number of hydrogen-bond donors (Lipinski definition) is 4. The molecule has 0 bridgehead atoms. The average molecular weight is 488 g/mol. The molecule has 0 radical (unpaired) electrons. The maximum absolute atomic E-state index is 15.1. The van der Waals surface area contributed by atoms with E-state index in [4.69, 9.17) is 0 Å². The second kappa shape index (κ2) is 9.00. The predicted molar refractivity (Wildman–Crippen MR) is 136 cm³/mol. The molecular weight excluding hydrogens is 461 g/mol. The van der Waals surface area contributed by atoms with Gasteiger partial charge in [-0.3, -0.25) is 4.79 Å². The summed E-state index contributed by atoms with van der Waals surface area (Å²) >= 11 is 0. The van der Waals surface area contributed by atoms with Crippen LogP contribution < -0.4 is 15.8 Å². The number of rotatable bonds is 4. The number of benzene rings is 1. The van der Waals surface area contributed by atoms with Crippen LogP contribution in [-0.2, 0) is 6.42 Å². The highest BCUT2D eigenvalue weighted by atomic mass is 19.1. The van der Waals surface area contributed by atoms with E-state index in [-0.39, 0.29) is 17.2 Å². The SMILES string of the molecule is O=c1[nH]ccc2nc(-c3cc4c(cc3F)CCC4O)cc(Nc3ccc(N4CCC(O)CC4)cn3)c12. The third-order valence-electron chi connectivity index (χ3n) is 7.12. The van der Waals surface area contributed by atoms with Gasteiger partial charge in [-0.05, 0) is 73.2 Å². The predicted octanol–water partition coefficient (Wildman–Crippen LogP) is 3.81. The van der Waals surface area contributed by atoms with Crippen molar-refractivity contribution in [3.8, 4) is 11.3 Å². The summed E-state index contributed by atoms with van der Waals surface area (Å²) in [5.74, 6) is 0.113. The maximum atomic E-state index is 15.1. The summed E-state index contributed by atoms with van der Waals surface area (Å²) in [6.45, 7) is 1.54. The van der Waals surface area contributed by atoms with Gasteiger partial charge in [-0.1, -0.05) is 0 Å². The van der Waals surface area contributed by atoms with Crippen molar-refractivity contribution in [3.05, 3.63) is 76.1 Å². The Balaban J connectivity index is 1.38. The summed E-state index contributed by atoms with van der Waals surface area (Å²) in [4.78, 5) is 26.7. The van der Waals surface area contributed by atoms with E-state index in [9.17, 15) is 15.0 Å². The standard InChI is InChI=1S/C27H26FN5O3/c28-20-11-15-1-3-24(35)18(15)12-19(20)22-13-23(26-21(31-22)5-8-29-27(26)36)32-25-4-2-16(14-30-25)33-9-6-17(34)7-10-33/h2,4-5,8,11-14,17,24,34-35H,1,3,6-7,9-10H2,(H,29,36)(H,30,31,32). The van der Waals surface area contributed by atoms with Crippen LogP contribution >= 0.6 is 0 Å². The third kappa shape index (κ3) is 4.10. The van der Waals surface area contributed by atoms with Gasteiger partial charge in [-0.25, -0.2) is 14.4 Å². The monoisotopic (exact) mass is 487 g/mol.